The van der Waals surface area contributed by atoms with Gasteiger partial charge in [-0.1, -0.05) is 49.4 Å². The van der Waals surface area contributed by atoms with Crippen LogP contribution in [0, 0.1) is 3.70 Å². The Balaban J connectivity index is 1.60. The minimum Gasteiger partial charge on any atom is -0.227 e. The van der Waals surface area contributed by atoms with Crippen molar-refractivity contribution in [3.8, 4) is 17.1 Å². The van der Waals surface area contributed by atoms with Gasteiger partial charge in [0.15, 0.2) is 0 Å². The lowest BCUT2D eigenvalue weighted by Crippen LogP contribution is -2.03. The number of aromatic nitrogens is 6. The Morgan fingerprint density at radius 3 is 2.46 bits per heavy atom. The minimum atomic E-state index is 0.585. The zero-order chi connectivity index (χ0) is 17.9. The van der Waals surface area contributed by atoms with Crippen molar-refractivity contribution in [2.24, 2.45) is 0 Å². The first-order chi connectivity index (χ1) is 12.7. The predicted octanol–water partition coefficient (Wildman–Crippen LogP) is 3.74. The molecule has 6 nitrogen and oxygen atoms in total. The van der Waals surface area contributed by atoms with Gasteiger partial charge in [0.25, 0.3) is 0 Å². The molecule has 0 atom stereocenters. The van der Waals surface area contributed by atoms with Crippen molar-refractivity contribution in [2.45, 2.75) is 19.9 Å². The number of nitrogens with zero attached hydrogens (tertiary/aromatic N) is 6. The molecule has 0 N–H and O–H groups in total. The number of hydrogen-bond donors (Lipinski definition) is 0. The lowest BCUT2D eigenvalue weighted by Gasteiger charge is -2.04. The quantitative estimate of drug-likeness (QED) is 0.430. The average molecular weight is 456 g/mol. The molecule has 2 aromatic carbocycles. The summed E-state index contributed by atoms with van der Waals surface area (Å²) in [5, 5.41) is 17.4. The summed E-state index contributed by atoms with van der Waals surface area (Å²) < 4.78 is 2.86. The fraction of sp³-hybridized carbons (Fsp3) is 0.158. The van der Waals surface area contributed by atoms with Crippen molar-refractivity contribution in [1.82, 2.24) is 30.0 Å². The van der Waals surface area contributed by atoms with E-state index in [9.17, 15) is 0 Å². The van der Waals surface area contributed by atoms with Crippen molar-refractivity contribution in [3.63, 3.8) is 0 Å². The fourth-order valence-corrected chi connectivity index (χ4v) is 3.48. The van der Waals surface area contributed by atoms with Crippen LogP contribution >= 0.6 is 22.6 Å². The summed E-state index contributed by atoms with van der Waals surface area (Å²) >= 11 is 2.28. The fourth-order valence-electron chi connectivity index (χ4n) is 2.70. The van der Waals surface area contributed by atoms with Crippen LogP contribution < -0.4 is 0 Å². The highest BCUT2D eigenvalue weighted by molar-refractivity contribution is 14.1. The van der Waals surface area contributed by atoms with Crippen LogP contribution in [0.1, 0.15) is 18.1 Å². The van der Waals surface area contributed by atoms with Crippen LogP contribution in [0.5, 0.6) is 0 Å². The topological polar surface area (TPSA) is 61.4 Å². The van der Waals surface area contributed by atoms with Crippen molar-refractivity contribution in [2.75, 3.05) is 0 Å². The second-order valence-corrected chi connectivity index (χ2v) is 6.93. The van der Waals surface area contributed by atoms with Gasteiger partial charge in [-0.2, -0.15) is 9.90 Å². The molecule has 0 saturated heterocycles. The summed E-state index contributed by atoms with van der Waals surface area (Å²) in [6, 6.07) is 18.5. The van der Waals surface area contributed by atoms with Gasteiger partial charge in [0, 0.05) is 0 Å². The molecule has 0 aliphatic heterocycles. The zero-order valence-corrected chi connectivity index (χ0v) is 16.4. The van der Waals surface area contributed by atoms with E-state index in [2.05, 4.69) is 74.3 Å². The first-order valence-electron chi connectivity index (χ1n) is 8.39. The van der Waals surface area contributed by atoms with Gasteiger partial charge in [0.1, 0.15) is 3.70 Å². The van der Waals surface area contributed by atoms with Crippen LogP contribution in [-0.2, 0) is 13.0 Å². The maximum absolute atomic E-state index is 4.51. The summed E-state index contributed by atoms with van der Waals surface area (Å²) in [5.41, 5.74) is 4.35. The van der Waals surface area contributed by atoms with Crippen molar-refractivity contribution < 1.29 is 0 Å². The van der Waals surface area contributed by atoms with Crippen molar-refractivity contribution in [3.05, 3.63) is 75.6 Å². The predicted molar refractivity (Wildman–Crippen MR) is 108 cm³/mol. The molecule has 0 radical (unpaired) electrons. The molecule has 0 aliphatic carbocycles. The average Bonchev–Trinajstić information content (AvgIpc) is 3.29. The van der Waals surface area contributed by atoms with Gasteiger partial charge >= 0.3 is 0 Å². The second kappa shape index (κ2) is 7.36. The van der Waals surface area contributed by atoms with E-state index in [4.69, 9.17) is 0 Å². The summed E-state index contributed by atoms with van der Waals surface area (Å²) in [7, 11) is 0. The molecule has 4 aromatic rings. The molecule has 0 bridgehead atoms. The van der Waals surface area contributed by atoms with Gasteiger partial charge in [0.2, 0.25) is 5.82 Å². The minimum absolute atomic E-state index is 0.585. The van der Waals surface area contributed by atoms with Gasteiger partial charge in [-0.15, -0.1) is 10.2 Å². The Kier molecular flexibility index (Phi) is 4.79. The first-order valence-corrected chi connectivity index (χ1v) is 9.47. The Morgan fingerprint density at radius 2 is 1.73 bits per heavy atom. The van der Waals surface area contributed by atoms with E-state index in [1.54, 1.807) is 11.0 Å². The van der Waals surface area contributed by atoms with E-state index < -0.39 is 0 Å². The number of hydrogen-bond acceptors (Lipinski definition) is 4. The maximum atomic E-state index is 4.51. The van der Waals surface area contributed by atoms with Gasteiger partial charge in [-0.05, 0) is 57.5 Å². The Morgan fingerprint density at radius 1 is 0.962 bits per heavy atom. The monoisotopic (exact) mass is 456 g/mol. The molecule has 4 rings (SSSR count). The van der Waals surface area contributed by atoms with Crippen LogP contribution in [0.4, 0.5) is 0 Å². The molecule has 0 saturated carbocycles. The third-order valence-electron chi connectivity index (χ3n) is 4.16. The van der Waals surface area contributed by atoms with Crippen molar-refractivity contribution >= 4 is 22.6 Å². The molecule has 0 amide bonds. The standard InChI is InChI=1S/C19H17IN6/c1-2-14-8-10-16(11-9-14)26-18(20)17(12-21-26)19-22-24-25(23-19)13-15-6-4-3-5-7-15/h3-12H,2,13H2,1H3. The molecule has 0 spiro atoms. The van der Waals surface area contributed by atoms with Gasteiger partial charge in [-0.3, -0.25) is 0 Å². The summed E-state index contributed by atoms with van der Waals surface area (Å²) in [6.07, 6.45) is 2.82. The van der Waals surface area contributed by atoms with E-state index in [1.807, 2.05) is 35.0 Å². The maximum Gasteiger partial charge on any atom is 0.209 e. The zero-order valence-electron chi connectivity index (χ0n) is 14.2. The molecule has 26 heavy (non-hydrogen) atoms. The third-order valence-corrected chi connectivity index (χ3v) is 5.20. The summed E-state index contributed by atoms with van der Waals surface area (Å²) in [6.45, 7) is 2.74. The molecular formula is C19H17IN6. The van der Waals surface area contributed by atoms with E-state index in [-0.39, 0.29) is 0 Å². The number of halogens is 1. The number of rotatable bonds is 5. The highest BCUT2D eigenvalue weighted by Crippen LogP contribution is 2.24. The molecular weight excluding hydrogens is 439 g/mol. The van der Waals surface area contributed by atoms with E-state index in [0.29, 0.717) is 12.4 Å². The van der Waals surface area contributed by atoms with Crippen LogP contribution in [-0.4, -0.2) is 30.0 Å². The SMILES string of the molecule is CCc1ccc(-n2ncc(-c3nnn(Cc4ccccc4)n3)c2I)cc1. The van der Waals surface area contributed by atoms with Gasteiger partial charge < -0.3 is 0 Å². The van der Waals surface area contributed by atoms with Crippen LogP contribution in [0.3, 0.4) is 0 Å². The Bertz CT molecular complexity index is 1000. The highest BCUT2D eigenvalue weighted by Gasteiger charge is 2.16. The molecule has 7 heteroatoms. The van der Waals surface area contributed by atoms with Crippen LogP contribution in [0.2, 0.25) is 0 Å². The Hall–Kier alpha value is -2.55. The largest absolute Gasteiger partial charge is 0.227 e. The van der Waals surface area contributed by atoms with Crippen LogP contribution in [0.25, 0.3) is 17.1 Å². The van der Waals surface area contributed by atoms with E-state index in [1.165, 1.54) is 5.56 Å². The number of aryl methyl sites for hydroxylation is 1. The molecule has 0 fully saturated rings. The van der Waals surface area contributed by atoms with Gasteiger partial charge in [0.05, 0.1) is 24.0 Å². The second-order valence-electron chi connectivity index (χ2n) is 5.91. The molecule has 0 aliphatic rings. The highest BCUT2D eigenvalue weighted by atomic mass is 127. The van der Waals surface area contributed by atoms with Crippen molar-refractivity contribution in [1.29, 1.82) is 0 Å². The lowest BCUT2D eigenvalue weighted by atomic mass is 10.1. The molecule has 2 aromatic heterocycles. The normalized spacial score (nSPS) is 11.0. The molecule has 2 heterocycles. The van der Waals surface area contributed by atoms with E-state index in [0.717, 1.165) is 26.9 Å². The summed E-state index contributed by atoms with van der Waals surface area (Å²) in [4.78, 5) is 1.61. The Labute approximate surface area is 165 Å². The number of tetrazole rings is 1. The third kappa shape index (κ3) is 3.39. The number of benzene rings is 2. The first kappa shape index (κ1) is 16.9. The van der Waals surface area contributed by atoms with Crippen LogP contribution in [0.15, 0.2) is 60.8 Å². The molecule has 130 valence electrons. The smallest absolute Gasteiger partial charge is 0.209 e. The van der Waals surface area contributed by atoms with Gasteiger partial charge in [-0.25, -0.2) is 4.68 Å². The lowest BCUT2D eigenvalue weighted by molar-refractivity contribution is 0.573. The summed E-state index contributed by atoms with van der Waals surface area (Å²) in [5.74, 6) is 0.585. The van der Waals surface area contributed by atoms with E-state index >= 15 is 0 Å². The molecule has 0 unspecified atom stereocenters.